The van der Waals surface area contributed by atoms with Gasteiger partial charge in [0.25, 0.3) is 0 Å². The van der Waals surface area contributed by atoms with Crippen LogP contribution in [0.5, 0.6) is 0 Å². The predicted molar refractivity (Wildman–Crippen MR) is 111 cm³/mol. The van der Waals surface area contributed by atoms with E-state index in [0.29, 0.717) is 48.7 Å². The summed E-state index contributed by atoms with van der Waals surface area (Å²) in [6.45, 7) is 3.02. The average molecular weight is 373 g/mol. The van der Waals surface area contributed by atoms with Crippen LogP contribution in [0.25, 0.3) is 0 Å². The molecule has 2 nitrogen and oxygen atoms in total. The summed E-state index contributed by atoms with van der Waals surface area (Å²) in [5, 5.41) is 0. The maximum Gasteiger partial charge on any atom is 0.0717 e. The van der Waals surface area contributed by atoms with Crippen molar-refractivity contribution >= 4 is 0 Å². The van der Waals surface area contributed by atoms with Gasteiger partial charge in [0.1, 0.15) is 0 Å². The van der Waals surface area contributed by atoms with E-state index >= 15 is 0 Å². The van der Waals surface area contributed by atoms with Crippen LogP contribution >= 0.6 is 0 Å². The van der Waals surface area contributed by atoms with E-state index in [-0.39, 0.29) is 0 Å². The highest BCUT2D eigenvalue weighted by Gasteiger charge is 2.52. The third-order valence-electron chi connectivity index (χ3n) is 6.83. The third-order valence-corrected chi connectivity index (χ3v) is 6.83. The van der Waals surface area contributed by atoms with E-state index in [1.807, 2.05) is 0 Å². The second-order valence-corrected chi connectivity index (χ2v) is 8.41. The number of rotatable bonds is 8. The van der Waals surface area contributed by atoms with Crippen LogP contribution in [0.4, 0.5) is 0 Å². The summed E-state index contributed by atoms with van der Waals surface area (Å²) >= 11 is 0. The molecular formula is C26H28O2. The third kappa shape index (κ3) is 3.47. The summed E-state index contributed by atoms with van der Waals surface area (Å²) in [7, 11) is 0. The summed E-state index contributed by atoms with van der Waals surface area (Å²) in [4.78, 5) is 0. The van der Waals surface area contributed by atoms with Crippen LogP contribution in [0.3, 0.4) is 0 Å². The van der Waals surface area contributed by atoms with Crippen molar-refractivity contribution in [2.24, 2.45) is 35.5 Å². The largest absolute Gasteiger partial charge is 0.376 e. The molecule has 0 spiro atoms. The minimum absolute atomic E-state index is 0.542. The van der Waals surface area contributed by atoms with Crippen LogP contribution in [0.2, 0.25) is 0 Å². The highest BCUT2D eigenvalue weighted by Crippen LogP contribution is 2.56. The number of allylic oxidation sites excluding steroid dienone is 4. The zero-order chi connectivity index (χ0) is 18.8. The van der Waals surface area contributed by atoms with Gasteiger partial charge >= 0.3 is 0 Å². The van der Waals surface area contributed by atoms with E-state index < -0.39 is 0 Å². The van der Waals surface area contributed by atoms with Gasteiger partial charge in [-0.3, -0.25) is 0 Å². The van der Waals surface area contributed by atoms with Gasteiger partial charge in [0.15, 0.2) is 0 Å². The van der Waals surface area contributed by atoms with E-state index in [9.17, 15) is 0 Å². The molecule has 2 heteroatoms. The normalized spacial score (nSPS) is 32.1. The molecule has 0 aliphatic heterocycles. The van der Waals surface area contributed by atoms with E-state index in [1.54, 1.807) is 0 Å². The molecule has 144 valence electrons. The van der Waals surface area contributed by atoms with Crippen molar-refractivity contribution < 1.29 is 9.47 Å². The fourth-order valence-electron chi connectivity index (χ4n) is 5.32. The lowest BCUT2D eigenvalue weighted by atomic mass is 9.50. The van der Waals surface area contributed by atoms with Crippen LogP contribution < -0.4 is 0 Å². The zero-order valence-corrected chi connectivity index (χ0v) is 16.2. The minimum atomic E-state index is 0.542. The summed E-state index contributed by atoms with van der Waals surface area (Å²) in [6.07, 6.45) is 9.74. The Morgan fingerprint density at radius 3 is 1.29 bits per heavy atom. The van der Waals surface area contributed by atoms with E-state index in [1.165, 1.54) is 11.1 Å². The molecule has 0 aromatic heterocycles. The SMILES string of the molecule is C1=C[C@H]2[C@@H]1[C@H]1C=C[C@@H]2[C@H](COCc2ccccc2)[C@@H]1COCc1ccccc1. The van der Waals surface area contributed by atoms with E-state index in [0.717, 1.165) is 13.2 Å². The first kappa shape index (κ1) is 17.9. The molecule has 2 aromatic carbocycles. The predicted octanol–water partition coefficient (Wildman–Crippen LogP) is 5.27. The van der Waals surface area contributed by atoms with Crippen LogP contribution in [0.15, 0.2) is 85.0 Å². The van der Waals surface area contributed by atoms with Crippen molar-refractivity contribution in [3.63, 3.8) is 0 Å². The number of hydrogen-bond acceptors (Lipinski definition) is 2. The van der Waals surface area contributed by atoms with Crippen molar-refractivity contribution in [2.45, 2.75) is 13.2 Å². The van der Waals surface area contributed by atoms with Gasteiger partial charge in [0.05, 0.1) is 26.4 Å². The molecule has 28 heavy (non-hydrogen) atoms. The number of ether oxygens (including phenoxy) is 2. The first-order chi connectivity index (χ1) is 13.9. The highest BCUT2D eigenvalue weighted by molar-refractivity contribution is 5.27. The van der Waals surface area contributed by atoms with Crippen LogP contribution in [0.1, 0.15) is 11.1 Å². The van der Waals surface area contributed by atoms with Crippen molar-refractivity contribution in [1.82, 2.24) is 0 Å². The Hall–Kier alpha value is -2.16. The monoisotopic (exact) mass is 372 g/mol. The zero-order valence-electron chi connectivity index (χ0n) is 16.2. The van der Waals surface area contributed by atoms with Gasteiger partial charge < -0.3 is 9.47 Å². The van der Waals surface area contributed by atoms with E-state index in [2.05, 4.69) is 85.0 Å². The van der Waals surface area contributed by atoms with Crippen molar-refractivity contribution in [2.75, 3.05) is 13.2 Å². The van der Waals surface area contributed by atoms with Crippen molar-refractivity contribution in [1.29, 1.82) is 0 Å². The van der Waals surface area contributed by atoms with Gasteiger partial charge in [0.2, 0.25) is 0 Å². The second-order valence-electron chi connectivity index (χ2n) is 8.41. The Morgan fingerprint density at radius 2 is 0.893 bits per heavy atom. The maximum absolute atomic E-state index is 6.20. The molecule has 0 radical (unpaired) electrons. The second kappa shape index (κ2) is 8.06. The minimum Gasteiger partial charge on any atom is -0.376 e. The Morgan fingerprint density at radius 1 is 0.500 bits per heavy atom. The molecule has 0 amide bonds. The highest BCUT2D eigenvalue weighted by atomic mass is 16.5. The van der Waals surface area contributed by atoms with Gasteiger partial charge in [-0.25, -0.2) is 0 Å². The molecule has 0 heterocycles. The van der Waals surface area contributed by atoms with E-state index in [4.69, 9.17) is 9.47 Å². The Kier molecular flexibility index (Phi) is 5.16. The molecule has 6 rings (SSSR count). The van der Waals surface area contributed by atoms with Gasteiger partial charge in [0, 0.05) is 0 Å². The lowest BCUT2D eigenvalue weighted by Gasteiger charge is -2.55. The van der Waals surface area contributed by atoms with Crippen molar-refractivity contribution in [3.8, 4) is 0 Å². The first-order valence-corrected chi connectivity index (χ1v) is 10.5. The van der Waals surface area contributed by atoms with Gasteiger partial charge in [-0.15, -0.1) is 0 Å². The quantitative estimate of drug-likeness (QED) is 0.588. The first-order valence-electron chi connectivity index (χ1n) is 10.5. The molecule has 0 N–H and O–H groups in total. The fraction of sp³-hybridized carbons (Fsp3) is 0.385. The lowest BCUT2D eigenvalue weighted by Crippen LogP contribution is -2.52. The average Bonchev–Trinajstić information content (AvgIpc) is 2.71. The molecule has 0 unspecified atom stereocenters. The molecule has 0 saturated heterocycles. The molecular weight excluding hydrogens is 344 g/mol. The smallest absolute Gasteiger partial charge is 0.0717 e. The van der Waals surface area contributed by atoms with Gasteiger partial charge in [-0.2, -0.15) is 0 Å². The fourth-order valence-corrected chi connectivity index (χ4v) is 5.32. The molecule has 6 atom stereocenters. The molecule has 2 aromatic rings. The molecule has 4 aliphatic rings. The van der Waals surface area contributed by atoms with Crippen LogP contribution in [0, 0.1) is 35.5 Å². The number of benzene rings is 2. The summed E-state index contributed by atoms with van der Waals surface area (Å²) in [5.41, 5.74) is 2.50. The summed E-state index contributed by atoms with van der Waals surface area (Å²) in [5.74, 6) is 3.71. The van der Waals surface area contributed by atoms with Gasteiger partial charge in [-0.1, -0.05) is 85.0 Å². The Balaban J connectivity index is 1.23. The Bertz CT molecular complexity index is 757. The standard InChI is InChI=1S/C26H28O2/c1-3-7-19(8-4-1)15-27-17-25-23-13-14-24(22-12-11-21(22)23)26(25)18-28-16-20-9-5-2-6-10-20/h1-14,21-26H,15-18H2/t21-,22+,23-,24+,25-,26+. The maximum atomic E-state index is 6.20. The molecule has 2 bridgehead atoms. The molecule has 1 saturated carbocycles. The number of fused-ring (bicyclic) bond motifs is 1. The molecule has 1 fully saturated rings. The topological polar surface area (TPSA) is 18.5 Å². The van der Waals surface area contributed by atoms with Crippen molar-refractivity contribution in [3.05, 3.63) is 96.1 Å². The Labute approximate surface area is 167 Å². The van der Waals surface area contributed by atoms with Crippen LogP contribution in [-0.2, 0) is 22.7 Å². The molecule has 4 aliphatic carbocycles. The summed E-state index contributed by atoms with van der Waals surface area (Å²) in [6, 6.07) is 21.0. The van der Waals surface area contributed by atoms with Gasteiger partial charge in [-0.05, 0) is 46.6 Å². The lowest BCUT2D eigenvalue weighted by molar-refractivity contribution is -0.0638. The number of hydrogen-bond donors (Lipinski definition) is 0. The summed E-state index contributed by atoms with van der Waals surface area (Å²) < 4.78 is 12.4. The van der Waals surface area contributed by atoms with Crippen LogP contribution in [-0.4, -0.2) is 13.2 Å².